The van der Waals surface area contributed by atoms with Crippen molar-refractivity contribution in [1.29, 1.82) is 0 Å². The van der Waals surface area contributed by atoms with Crippen LogP contribution in [0.4, 0.5) is 0 Å². The third-order valence-electron chi connectivity index (χ3n) is 1.56. The Bertz CT molecular complexity index is 260. The molecule has 0 saturated carbocycles. The van der Waals surface area contributed by atoms with Gasteiger partial charge in [0, 0.05) is 13.5 Å². The predicted octanol–water partition coefficient (Wildman–Crippen LogP) is -0.508. The Kier molecular flexibility index (Phi) is 5.32. The van der Waals surface area contributed by atoms with Crippen LogP contribution in [0.1, 0.15) is 13.3 Å². The Hall–Kier alpha value is -1.63. The lowest BCUT2D eigenvalue weighted by Crippen LogP contribution is -2.44. The van der Waals surface area contributed by atoms with E-state index in [2.05, 4.69) is 9.47 Å². The molecule has 0 amide bonds. The van der Waals surface area contributed by atoms with Crippen molar-refractivity contribution in [1.82, 2.24) is 0 Å². The molecule has 0 fully saturated rings. The second-order valence-electron chi connectivity index (χ2n) is 2.60. The highest BCUT2D eigenvalue weighted by Crippen LogP contribution is 2.06. The molecule has 0 aliphatic carbocycles. The van der Waals surface area contributed by atoms with Crippen LogP contribution in [-0.4, -0.2) is 47.4 Å². The molecule has 15 heavy (non-hydrogen) atoms. The zero-order valence-electron chi connectivity index (χ0n) is 8.30. The van der Waals surface area contributed by atoms with Gasteiger partial charge in [-0.3, -0.25) is 4.79 Å². The van der Waals surface area contributed by atoms with Crippen molar-refractivity contribution in [3.8, 4) is 0 Å². The van der Waals surface area contributed by atoms with Gasteiger partial charge in [0.25, 0.3) is 0 Å². The molecular formula is C8H12O7. The Labute approximate surface area is 85.6 Å². The van der Waals surface area contributed by atoms with Gasteiger partial charge in [0.1, 0.15) is 0 Å². The average molecular weight is 220 g/mol. The molecule has 0 spiro atoms. The maximum Gasteiger partial charge on any atom is 0.348 e. The standard InChI is InChI=1S/C8H12O7/c1-3-4(9)15-6(8(12)13)5(14-2)7(10)11/h5-6H,3H2,1-2H3,(H,10,11)(H,12,13). The summed E-state index contributed by atoms with van der Waals surface area (Å²) in [5.74, 6) is -3.87. The highest BCUT2D eigenvalue weighted by Gasteiger charge is 2.37. The van der Waals surface area contributed by atoms with Crippen molar-refractivity contribution in [3.05, 3.63) is 0 Å². The van der Waals surface area contributed by atoms with Crippen molar-refractivity contribution < 1.29 is 34.1 Å². The van der Waals surface area contributed by atoms with Crippen molar-refractivity contribution >= 4 is 17.9 Å². The first kappa shape index (κ1) is 13.4. The van der Waals surface area contributed by atoms with E-state index < -0.39 is 30.1 Å². The molecule has 0 rings (SSSR count). The summed E-state index contributed by atoms with van der Waals surface area (Å²) in [6, 6.07) is 0. The number of aliphatic carboxylic acids is 2. The summed E-state index contributed by atoms with van der Waals surface area (Å²) in [5, 5.41) is 17.2. The third-order valence-corrected chi connectivity index (χ3v) is 1.56. The van der Waals surface area contributed by atoms with Gasteiger partial charge in [0.05, 0.1) is 0 Å². The van der Waals surface area contributed by atoms with Gasteiger partial charge in [0.15, 0.2) is 0 Å². The van der Waals surface area contributed by atoms with Crippen molar-refractivity contribution in [3.63, 3.8) is 0 Å². The lowest BCUT2D eigenvalue weighted by Gasteiger charge is -2.18. The maximum atomic E-state index is 10.8. The van der Waals surface area contributed by atoms with Gasteiger partial charge in [-0.15, -0.1) is 0 Å². The molecule has 0 aromatic rings. The minimum atomic E-state index is -1.83. The molecule has 0 aromatic heterocycles. The van der Waals surface area contributed by atoms with Gasteiger partial charge in [-0.2, -0.15) is 0 Å². The predicted molar refractivity (Wildman–Crippen MR) is 46.2 cm³/mol. The van der Waals surface area contributed by atoms with Crippen LogP contribution in [0.3, 0.4) is 0 Å². The van der Waals surface area contributed by atoms with E-state index in [4.69, 9.17) is 10.2 Å². The molecule has 0 aliphatic rings. The third kappa shape index (κ3) is 3.94. The minimum Gasteiger partial charge on any atom is -0.479 e. The molecule has 0 heterocycles. The fourth-order valence-electron chi connectivity index (χ4n) is 0.821. The molecule has 2 unspecified atom stereocenters. The van der Waals surface area contributed by atoms with Crippen LogP contribution in [-0.2, 0) is 23.9 Å². The number of carbonyl (C=O) groups excluding carboxylic acids is 1. The number of rotatable bonds is 6. The zero-order valence-corrected chi connectivity index (χ0v) is 8.30. The molecule has 7 nitrogen and oxygen atoms in total. The van der Waals surface area contributed by atoms with Crippen LogP contribution in [0.5, 0.6) is 0 Å². The number of carboxylic acid groups (broad SMARTS) is 2. The monoisotopic (exact) mass is 220 g/mol. The molecule has 0 aromatic carbocycles. The highest BCUT2D eigenvalue weighted by atomic mass is 16.6. The van der Waals surface area contributed by atoms with Crippen molar-refractivity contribution in [2.45, 2.75) is 25.6 Å². The van der Waals surface area contributed by atoms with Crippen LogP contribution in [0.15, 0.2) is 0 Å². The molecule has 0 aliphatic heterocycles. The molecule has 0 radical (unpaired) electrons. The zero-order chi connectivity index (χ0) is 12.0. The Morgan fingerprint density at radius 2 is 1.60 bits per heavy atom. The first-order valence-electron chi connectivity index (χ1n) is 4.11. The van der Waals surface area contributed by atoms with Crippen molar-refractivity contribution in [2.75, 3.05) is 7.11 Å². The minimum absolute atomic E-state index is 0.0418. The van der Waals surface area contributed by atoms with E-state index in [1.807, 2.05) is 0 Å². The van der Waals surface area contributed by atoms with Gasteiger partial charge < -0.3 is 19.7 Å². The number of ether oxygens (including phenoxy) is 2. The number of esters is 1. The van der Waals surface area contributed by atoms with E-state index in [9.17, 15) is 14.4 Å². The van der Waals surface area contributed by atoms with Crippen LogP contribution in [0, 0.1) is 0 Å². The van der Waals surface area contributed by atoms with Gasteiger partial charge in [-0.25, -0.2) is 9.59 Å². The lowest BCUT2D eigenvalue weighted by molar-refractivity contribution is -0.180. The largest absolute Gasteiger partial charge is 0.479 e. The summed E-state index contributed by atoms with van der Waals surface area (Å²) in [6.07, 6.45) is -3.59. The fraction of sp³-hybridized carbons (Fsp3) is 0.625. The number of hydrogen-bond acceptors (Lipinski definition) is 5. The van der Waals surface area contributed by atoms with Crippen LogP contribution >= 0.6 is 0 Å². The van der Waals surface area contributed by atoms with E-state index in [1.165, 1.54) is 6.92 Å². The van der Waals surface area contributed by atoms with Gasteiger partial charge in [-0.1, -0.05) is 6.92 Å². The Balaban J connectivity index is 4.70. The molecule has 0 bridgehead atoms. The van der Waals surface area contributed by atoms with Gasteiger partial charge in [-0.05, 0) is 0 Å². The quantitative estimate of drug-likeness (QED) is 0.580. The van der Waals surface area contributed by atoms with E-state index in [0.717, 1.165) is 7.11 Å². The van der Waals surface area contributed by atoms with E-state index in [-0.39, 0.29) is 6.42 Å². The second-order valence-corrected chi connectivity index (χ2v) is 2.60. The van der Waals surface area contributed by atoms with Crippen molar-refractivity contribution in [2.24, 2.45) is 0 Å². The highest BCUT2D eigenvalue weighted by molar-refractivity contribution is 5.85. The van der Waals surface area contributed by atoms with E-state index in [1.54, 1.807) is 0 Å². The number of hydrogen-bond donors (Lipinski definition) is 2. The summed E-state index contributed by atoms with van der Waals surface area (Å²) in [4.78, 5) is 32.0. The fourth-order valence-corrected chi connectivity index (χ4v) is 0.821. The van der Waals surface area contributed by atoms with Crippen LogP contribution < -0.4 is 0 Å². The molecule has 0 saturated heterocycles. The number of carboxylic acids is 2. The molecule has 86 valence electrons. The smallest absolute Gasteiger partial charge is 0.348 e. The van der Waals surface area contributed by atoms with Gasteiger partial charge >= 0.3 is 17.9 Å². The molecule has 7 heteroatoms. The number of methoxy groups -OCH3 is 1. The lowest BCUT2D eigenvalue weighted by atomic mass is 10.2. The second kappa shape index (κ2) is 5.97. The van der Waals surface area contributed by atoms with E-state index in [0.29, 0.717) is 0 Å². The molecule has 2 atom stereocenters. The number of carbonyl (C=O) groups is 3. The Morgan fingerprint density at radius 1 is 1.13 bits per heavy atom. The summed E-state index contributed by atoms with van der Waals surface area (Å²) in [5.41, 5.74) is 0. The molecular weight excluding hydrogens is 208 g/mol. The summed E-state index contributed by atoms with van der Waals surface area (Å²) < 4.78 is 8.85. The summed E-state index contributed by atoms with van der Waals surface area (Å²) in [6.45, 7) is 1.46. The normalized spacial score (nSPS) is 14.0. The molecule has 2 N–H and O–H groups in total. The summed E-state index contributed by atoms with van der Waals surface area (Å²) >= 11 is 0. The van der Waals surface area contributed by atoms with Crippen LogP contribution in [0.25, 0.3) is 0 Å². The Morgan fingerprint density at radius 3 is 1.87 bits per heavy atom. The first-order chi connectivity index (χ1) is 6.93. The topological polar surface area (TPSA) is 110 Å². The first-order valence-corrected chi connectivity index (χ1v) is 4.11. The van der Waals surface area contributed by atoms with Gasteiger partial charge in [0.2, 0.25) is 12.2 Å². The average Bonchev–Trinajstić information content (AvgIpc) is 2.16. The SMILES string of the molecule is CCC(=O)OC(C(=O)O)C(OC)C(=O)O. The van der Waals surface area contributed by atoms with E-state index >= 15 is 0 Å². The maximum absolute atomic E-state index is 10.8. The van der Waals surface area contributed by atoms with Crippen LogP contribution in [0.2, 0.25) is 0 Å². The summed E-state index contributed by atoms with van der Waals surface area (Å²) in [7, 11) is 1.02.